The van der Waals surface area contributed by atoms with Crippen LogP contribution in [0.1, 0.15) is 11.1 Å². The van der Waals surface area contributed by atoms with Crippen molar-refractivity contribution in [3.05, 3.63) is 96.2 Å². The molecule has 0 saturated heterocycles. The monoisotopic (exact) mass is 481 g/mol. The number of thioether (sulfide) groups is 1. The van der Waals surface area contributed by atoms with Gasteiger partial charge in [0.15, 0.2) is 11.0 Å². The van der Waals surface area contributed by atoms with Crippen LogP contribution in [0.15, 0.2) is 90.2 Å². The Morgan fingerprint density at radius 1 is 0.914 bits per heavy atom. The van der Waals surface area contributed by atoms with E-state index in [1.807, 2.05) is 96.6 Å². The molecular formula is C27H23N5O2S. The number of para-hydroxylation sites is 2. The fraction of sp³-hybridized carbons (Fsp3) is 0.111. The normalized spacial score (nSPS) is 11.0. The summed E-state index contributed by atoms with van der Waals surface area (Å²) in [5.74, 6) is 0.0173. The number of nitrogens with zero attached hydrogens (tertiary/aromatic N) is 3. The molecule has 0 saturated carbocycles. The zero-order valence-electron chi connectivity index (χ0n) is 19.1. The molecule has 0 atom stereocenters. The van der Waals surface area contributed by atoms with Crippen LogP contribution in [0.2, 0.25) is 0 Å². The Morgan fingerprint density at radius 3 is 2.49 bits per heavy atom. The van der Waals surface area contributed by atoms with Crippen molar-refractivity contribution >= 4 is 34.5 Å². The second-order valence-corrected chi connectivity index (χ2v) is 9.04. The molecular weight excluding hydrogens is 458 g/mol. The van der Waals surface area contributed by atoms with Gasteiger partial charge in [0.2, 0.25) is 11.8 Å². The average molecular weight is 482 g/mol. The van der Waals surface area contributed by atoms with E-state index in [4.69, 9.17) is 0 Å². The van der Waals surface area contributed by atoms with Crippen molar-refractivity contribution < 1.29 is 9.59 Å². The molecule has 0 aliphatic rings. The molecule has 174 valence electrons. The highest BCUT2D eigenvalue weighted by molar-refractivity contribution is 7.99. The number of amides is 2. The van der Waals surface area contributed by atoms with Crippen molar-refractivity contribution in [2.45, 2.75) is 18.5 Å². The van der Waals surface area contributed by atoms with Gasteiger partial charge in [0, 0.05) is 22.7 Å². The lowest BCUT2D eigenvalue weighted by atomic mass is 10.1. The summed E-state index contributed by atoms with van der Waals surface area (Å²) in [4.78, 5) is 28.1. The minimum absolute atomic E-state index is 0.0401. The van der Waals surface area contributed by atoms with Gasteiger partial charge >= 0.3 is 0 Å². The van der Waals surface area contributed by atoms with Crippen LogP contribution < -0.4 is 5.32 Å². The standard InChI is InChI=1S/C27H23N5O2S/c1-18-9-5-8-14-23(18)32-26(21-16-28-22-13-7-6-12-20(21)22)30-31-27(32)35-17-25(34)29-24(33)15-19-10-3-2-4-11-19/h2-14,16,28H,15,17H2,1H3,(H,29,33,34). The number of imide groups is 1. The van der Waals surface area contributed by atoms with Crippen LogP contribution in [-0.2, 0) is 16.0 Å². The van der Waals surface area contributed by atoms with E-state index in [1.165, 1.54) is 11.8 Å². The lowest BCUT2D eigenvalue weighted by molar-refractivity contribution is -0.128. The smallest absolute Gasteiger partial charge is 0.237 e. The Kier molecular flexibility index (Phi) is 6.45. The van der Waals surface area contributed by atoms with Gasteiger partial charge in [0.25, 0.3) is 0 Å². The van der Waals surface area contributed by atoms with E-state index in [0.29, 0.717) is 11.0 Å². The molecule has 2 aromatic heterocycles. The van der Waals surface area contributed by atoms with E-state index in [-0.39, 0.29) is 24.0 Å². The summed E-state index contributed by atoms with van der Waals surface area (Å²) in [5.41, 5.74) is 4.77. The first-order chi connectivity index (χ1) is 17.1. The Labute approximate surface area is 206 Å². The maximum absolute atomic E-state index is 12.5. The van der Waals surface area contributed by atoms with Crippen LogP contribution in [0.5, 0.6) is 0 Å². The van der Waals surface area contributed by atoms with Gasteiger partial charge in [-0.3, -0.25) is 19.5 Å². The zero-order valence-corrected chi connectivity index (χ0v) is 19.9. The molecule has 0 radical (unpaired) electrons. The lowest BCUT2D eigenvalue weighted by Crippen LogP contribution is -2.33. The van der Waals surface area contributed by atoms with E-state index in [2.05, 4.69) is 20.5 Å². The van der Waals surface area contributed by atoms with Gasteiger partial charge in [-0.2, -0.15) is 0 Å². The first-order valence-corrected chi connectivity index (χ1v) is 12.2. The number of carbonyl (C=O) groups is 2. The number of nitrogens with one attached hydrogen (secondary N) is 2. The van der Waals surface area contributed by atoms with E-state index < -0.39 is 0 Å². The summed E-state index contributed by atoms with van der Waals surface area (Å²) in [7, 11) is 0. The molecule has 2 N–H and O–H groups in total. The quantitative estimate of drug-likeness (QED) is 0.329. The van der Waals surface area contributed by atoms with E-state index in [1.54, 1.807) is 0 Å². The van der Waals surface area contributed by atoms with Crippen molar-refractivity contribution in [3.63, 3.8) is 0 Å². The van der Waals surface area contributed by atoms with Crippen molar-refractivity contribution in [1.82, 2.24) is 25.1 Å². The zero-order chi connectivity index (χ0) is 24.2. The SMILES string of the molecule is Cc1ccccc1-n1c(SCC(=O)NC(=O)Cc2ccccc2)nnc1-c1c[nH]c2ccccc12. The summed E-state index contributed by atoms with van der Waals surface area (Å²) in [5, 5.41) is 13.0. The largest absolute Gasteiger partial charge is 0.360 e. The number of hydrogen-bond donors (Lipinski definition) is 2. The van der Waals surface area contributed by atoms with Crippen LogP contribution in [0, 0.1) is 6.92 Å². The van der Waals surface area contributed by atoms with Gasteiger partial charge in [-0.25, -0.2) is 0 Å². The molecule has 0 aliphatic heterocycles. The Bertz CT molecular complexity index is 1510. The average Bonchev–Trinajstić information content (AvgIpc) is 3.47. The maximum atomic E-state index is 12.5. The highest BCUT2D eigenvalue weighted by Gasteiger charge is 2.21. The molecule has 35 heavy (non-hydrogen) atoms. The second-order valence-electron chi connectivity index (χ2n) is 8.10. The molecule has 0 aliphatic carbocycles. The molecule has 0 unspecified atom stereocenters. The lowest BCUT2D eigenvalue weighted by Gasteiger charge is -2.12. The van der Waals surface area contributed by atoms with Gasteiger partial charge in [-0.1, -0.05) is 78.5 Å². The second kappa shape index (κ2) is 9.99. The third-order valence-electron chi connectivity index (χ3n) is 5.64. The molecule has 2 amide bonds. The predicted molar refractivity (Wildman–Crippen MR) is 137 cm³/mol. The summed E-state index contributed by atoms with van der Waals surface area (Å²) in [6.45, 7) is 2.03. The third-order valence-corrected chi connectivity index (χ3v) is 6.57. The molecule has 5 aromatic rings. The Balaban J connectivity index is 1.40. The first-order valence-electron chi connectivity index (χ1n) is 11.2. The van der Waals surface area contributed by atoms with Crippen LogP contribution in [0.4, 0.5) is 0 Å². The number of aryl methyl sites for hydroxylation is 1. The molecule has 0 fully saturated rings. The maximum Gasteiger partial charge on any atom is 0.237 e. The molecule has 0 bridgehead atoms. The summed E-state index contributed by atoms with van der Waals surface area (Å²) in [6, 6.07) is 25.3. The van der Waals surface area contributed by atoms with Gasteiger partial charge < -0.3 is 4.98 Å². The van der Waals surface area contributed by atoms with Crippen LogP contribution in [0.3, 0.4) is 0 Å². The summed E-state index contributed by atoms with van der Waals surface area (Å²) >= 11 is 1.25. The summed E-state index contributed by atoms with van der Waals surface area (Å²) < 4.78 is 1.97. The van der Waals surface area contributed by atoms with E-state index in [0.717, 1.165) is 33.3 Å². The highest BCUT2D eigenvalue weighted by Crippen LogP contribution is 2.33. The highest BCUT2D eigenvalue weighted by atomic mass is 32.2. The number of fused-ring (bicyclic) bond motifs is 1. The number of benzene rings is 3. The Morgan fingerprint density at radius 2 is 1.66 bits per heavy atom. The third kappa shape index (κ3) is 4.88. The minimum atomic E-state index is -0.371. The molecule has 5 rings (SSSR count). The van der Waals surface area contributed by atoms with Gasteiger partial charge in [-0.05, 0) is 30.2 Å². The van der Waals surface area contributed by atoms with Crippen molar-refractivity contribution in [1.29, 1.82) is 0 Å². The van der Waals surface area contributed by atoms with Crippen molar-refractivity contribution in [3.8, 4) is 17.1 Å². The number of aromatic amines is 1. The van der Waals surface area contributed by atoms with Gasteiger partial charge in [-0.15, -0.1) is 10.2 Å². The van der Waals surface area contributed by atoms with Crippen LogP contribution in [0.25, 0.3) is 28.0 Å². The molecule has 0 spiro atoms. The molecule has 8 heteroatoms. The number of hydrogen-bond acceptors (Lipinski definition) is 5. The van der Waals surface area contributed by atoms with Gasteiger partial charge in [0.1, 0.15) is 0 Å². The van der Waals surface area contributed by atoms with E-state index >= 15 is 0 Å². The number of rotatable bonds is 7. The fourth-order valence-electron chi connectivity index (χ4n) is 3.97. The van der Waals surface area contributed by atoms with Crippen LogP contribution >= 0.6 is 11.8 Å². The van der Waals surface area contributed by atoms with Crippen molar-refractivity contribution in [2.75, 3.05) is 5.75 Å². The predicted octanol–water partition coefficient (Wildman–Crippen LogP) is 4.70. The molecule has 2 heterocycles. The van der Waals surface area contributed by atoms with E-state index in [9.17, 15) is 9.59 Å². The molecule has 3 aromatic carbocycles. The minimum Gasteiger partial charge on any atom is -0.360 e. The van der Waals surface area contributed by atoms with Crippen molar-refractivity contribution in [2.24, 2.45) is 0 Å². The number of carbonyl (C=O) groups excluding carboxylic acids is 2. The van der Waals surface area contributed by atoms with Gasteiger partial charge in [0.05, 0.1) is 17.9 Å². The first kappa shape index (κ1) is 22.6. The molecule has 7 nitrogen and oxygen atoms in total. The number of H-pyrrole nitrogens is 1. The fourth-order valence-corrected chi connectivity index (χ4v) is 4.72. The summed E-state index contributed by atoms with van der Waals surface area (Å²) in [6.07, 6.45) is 2.08. The number of aromatic nitrogens is 4. The Hall–Kier alpha value is -4.17. The van der Waals surface area contributed by atoms with Crippen LogP contribution in [-0.4, -0.2) is 37.3 Å². The topological polar surface area (TPSA) is 92.7 Å².